The van der Waals surface area contributed by atoms with Gasteiger partial charge in [-0.05, 0) is 6.07 Å². The zero-order valence-electron chi connectivity index (χ0n) is 10.7. The van der Waals surface area contributed by atoms with Crippen LogP contribution in [0.5, 0.6) is 0 Å². The van der Waals surface area contributed by atoms with Crippen LogP contribution in [0.2, 0.25) is 0 Å². The molecule has 0 fully saturated rings. The Balaban J connectivity index is 1.91. The van der Waals surface area contributed by atoms with Crippen molar-refractivity contribution in [1.29, 1.82) is 0 Å². The van der Waals surface area contributed by atoms with Crippen LogP contribution >= 0.6 is 0 Å². The summed E-state index contributed by atoms with van der Waals surface area (Å²) in [7, 11) is 3.68. The molecule has 0 aromatic carbocycles. The lowest BCUT2D eigenvalue weighted by atomic mass is 10.4. The minimum atomic E-state index is 0.534. The number of aromatic amines is 1. The topological polar surface area (TPSA) is 96.3 Å². The van der Waals surface area contributed by atoms with E-state index in [0.29, 0.717) is 24.0 Å². The average Bonchev–Trinajstić information content (AvgIpc) is 3.04. The van der Waals surface area contributed by atoms with Gasteiger partial charge in [0.25, 0.3) is 0 Å². The molecule has 8 heteroatoms. The summed E-state index contributed by atoms with van der Waals surface area (Å²) >= 11 is 0. The first kappa shape index (κ1) is 11.5. The molecule has 0 spiro atoms. The minimum Gasteiger partial charge on any atom is -0.362 e. The van der Waals surface area contributed by atoms with Crippen LogP contribution in [0.25, 0.3) is 11.2 Å². The number of H-pyrrole nitrogens is 1. The number of anilines is 2. The minimum absolute atomic E-state index is 0.534. The van der Waals surface area contributed by atoms with E-state index in [2.05, 4.69) is 35.7 Å². The van der Waals surface area contributed by atoms with Crippen molar-refractivity contribution in [2.24, 2.45) is 7.05 Å². The lowest BCUT2D eigenvalue weighted by molar-refractivity contribution is 0.720. The first-order valence-corrected chi connectivity index (χ1v) is 5.87. The second-order valence-electron chi connectivity index (χ2n) is 4.05. The number of nitrogens with one attached hydrogen (secondary N) is 3. The molecule has 0 aliphatic carbocycles. The fourth-order valence-electron chi connectivity index (χ4n) is 1.82. The highest BCUT2D eigenvalue weighted by atomic mass is 15.3. The molecule has 3 N–H and O–H groups in total. The molecule has 0 aliphatic rings. The quantitative estimate of drug-likeness (QED) is 0.638. The second kappa shape index (κ2) is 4.56. The van der Waals surface area contributed by atoms with Gasteiger partial charge in [0.15, 0.2) is 11.5 Å². The number of nitrogens with zero attached hydrogens (tertiary/aromatic N) is 5. The van der Waals surface area contributed by atoms with Gasteiger partial charge in [-0.15, -0.1) is 0 Å². The van der Waals surface area contributed by atoms with Gasteiger partial charge in [-0.1, -0.05) is 0 Å². The number of fused-ring (bicyclic) bond motifs is 1. The highest BCUT2D eigenvalue weighted by molar-refractivity contribution is 5.83. The van der Waals surface area contributed by atoms with Crippen molar-refractivity contribution in [3.05, 3.63) is 24.3 Å². The van der Waals surface area contributed by atoms with Gasteiger partial charge in [-0.25, -0.2) is 4.98 Å². The number of aromatic nitrogens is 6. The van der Waals surface area contributed by atoms with Crippen LogP contribution < -0.4 is 10.6 Å². The summed E-state index contributed by atoms with van der Waals surface area (Å²) < 4.78 is 1.82. The van der Waals surface area contributed by atoms with E-state index in [4.69, 9.17) is 0 Å². The zero-order chi connectivity index (χ0) is 13.2. The second-order valence-corrected chi connectivity index (χ2v) is 4.05. The van der Waals surface area contributed by atoms with E-state index in [0.717, 1.165) is 11.2 Å². The van der Waals surface area contributed by atoms with Crippen LogP contribution in [0.3, 0.4) is 0 Å². The van der Waals surface area contributed by atoms with Crippen LogP contribution in [-0.2, 0) is 13.6 Å². The highest BCUT2D eigenvalue weighted by Gasteiger charge is 2.09. The molecule has 0 unspecified atom stereocenters. The molecule has 0 radical (unpaired) electrons. The predicted octanol–water partition coefficient (Wildman–Crippen LogP) is 0.740. The first-order valence-electron chi connectivity index (χ1n) is 5.87. The van der Waals surface area contributed by atoms with E-state index in [1.807, 2.05) is 17.8 Å². The van der Waals surface area contributed by atoms with E-state index >= 15 is 0 Å². The molecule has 0 saturated heterocycles. The monoisotopic (exact) mass is 258 g/mol. The lowest BCUT2D eigenvalue weighted by Crippen LogP contribution is -2.08. The van der Waals surface area contributed by atoms with Crippen molar-refractivity contribution in [1.82, 2.24) is 29.7 Å². The van der Waals surface area contributed by atoms with Gasteiger partial charge in [0, 0.05) is 20.3 Å². The maximum atomic E-state index is 4.39. The Hall–Kier alpha value is -2.64. The van der Waals surface area contributed by atoms with Gasteiger partial charge in [-0.3, -0.25) is 4.68 Å². The molecule has 0 amide bonds. The van der Waals surface area contributed by atoms with Gasteiger partial charge >= 0.3 is 0 Å². The fourth-order valence-corrected chi connectivity index (χ4v) is 1.82. The molecule has 0 bridgehead atoms. The van der Waals surface area contributed by atoms with Crippen molar-refractivity contribution in [2.75, 3.05) is 17.7 Å². The summed E-state index contributed by atoms with van der Waals surface area (Å²) in [5, 5.41) is 10.3. The number of hydrogen-bond acceptors (Lipinski definition) is 6. The number of rotatable bonds is 4. The van der Waals surface area contributed by atoms with Gasteiger partial charge in [0.2, 0.25) is 5.95 Å². The molecule has 3 rings (SSSR count). The Morgan fingerprint density at radius 3 is 3.00 bits per heavy atom. The smallest absolute Gasteiger partial charge is 0.226 e. The van der Waals surface area contributed by atoms with Gasteiger partial charge < -0.3 is 15.6 Å². The van der Waals surface area contributed by atoms with Gasteiger partial charge in [0.1, 0.15) is 5.52 Å². The van der Waals surface area contributed by atoms with Crippen LogP contribution in [-0.4, -0.2) is 36.8 Å². The largest absolute Gasteiger partial charge is 0.362 e. The van der Waals surface area contributed by atoms with E-state index in [1.165, 1.54) is 0 Å². The van der Waals surface area contributed by atoms with E-state index < -0.39 is 0 Å². The number of imidazole rings is 1. The molecule has 8 nitrogen and oxygen atoms in total. The van der Waals surface area contributed by atoms with Crippen molar-refractivity contribution in [2.45, 2.75) is 6.54 Å². The van der Waals surface area contributed by atoms with Gasteiger partial charge in [0.05, 0.1) is 18.6 Å². The van der Waals surface area contributed by atoms with Crippen molar-refractivity contribution in [3.8, 4) is 0 Å². The van der Waals surface area contributed by atoms with Crippen LogP contribution in [0.15, 0.2) is 18.6 Å². The molecular formula is C11H14N8. The molecule has 98 valence electrons. The Kier molecular flexibility index (Phi) is 2.75. The molecule has 3 heterocycles. The highest BCUT2D eigenvalue weighted by Crippen LogP contribution is 2.18. The third-order valence-electron chi connectivity index (χ3n) is 2.87. The normalized spacial score (nSPS) is 10.8. The molecule has 0 saturated carbocycles. The Labute approximate surface area is 109 Å². The van der Waals surface area contributed by atoms with Gasteiger partial charge in [-0.2, -0.15) is 15.1 Å². The SMILES string of the molecule is CNc1nc(NCc2ccnn2C)c2[nH]cnc2n1. The predicted molar refractivity (Wildman–Crippen MR) is 71.8 cm³/mol. The summed E-state index contributed by atoms with van der Waals surface area (Å²) in [6.45, 7) is 0.630. The van der Waals surface area contributed by atoms with E-state index in [9.17, 15) is 0 Å². The summed E-state index contributed by atoms with van der Waals surface area (Å²) in [5.41, 5.74) is 2.49. The number of hydrogen-bond donors (Lipinski definition) is 3. The summed E-state index contributed by atoms with van der Waals surface area (Å²) in [4.78, 5) is 15.8. The molecule has 3 aromatic heterocycles. The molecule has 0 aliphatic heterocycles. The Bertz CT molecular complexity index is 698. The Morgan fingerprint density at radius 2 is 2.26 bits per heavy atom. The third kappa shape index (κ3) is 2.07. The van der Waals surface area contributed by atoms with Crippen molar-refractivity contribution in [3.63, 3.8) is 0 Å². The first-order chi connectivity index (χ1) is 9.28. The van der Waals surface area contributed by atoms with Crippen molar-refractivity contribution < 1.29 is 0 Å². The van der Waals surface area contributed by atoms with Crippen LogP contribution in [0.1, 0.15) is 5.69 Å². The van der Waals surface area contributed by atoms with Crippen molar-refractivity contribution >= 4 is 22.9 Å². The Morgan fingerprint density at radius 1 is 1.37 bits per heavy atom. The molecule has 3 aromatic rings. The summed E-state index contributed by atoms with van der Waals surface area (Å²) in [6, 6.07) is 1.96. The maximum absolute atomic E-state index is 4.39. The summed E-state index contributed by atoms with van der Waals surface area (Å²) in [5.74, 6) is 1.25. The zero-order valence-corrected chi connectivity index (χ0v) is 10.7. The van der Waals surface area contributed by atoms with Crippen LogP contribution in [0.4, 0.5) is 11.8 Å². The van der Waals surface area contributed by atoms with E-state index in [1.54, 1.807) is 19.6 Å². The third-order valence-corrected chi connectivity index (χ3v) is 2.87. The summed E-state index contributed by atoms with van der Waals surface area (Å²) in [6.07, 6.45) is 3.37. The standard InChI is InChI=1S/C11H14N8/c1-12-11-17-9(8-10(18-11)15-6-14-8)13-5-7-3-4-16-19(7)2/h3-4,6H,5H2,1-2H3,(H3,12,13,14,15,17,18). The lowest BCUT2D eigenvalue weighted by Gasteiger charge is -2.08. The number of aryl methyl sites for hydroxylation is 1. The molecule has 19 heavy (non-hydrogen) atoms. The van der Waals surface area contributed by atoms with Crippen LogP contribution in [0, 0.1) is 0 Å². The molecular weight excluding hydrogens is 244 g/mol. The van der Waals surface area contributed by atoms with E-state index in [-0.39, 0.29) is 0 Å². The molecule has 0 atom stereocenters. The fraction of sp³-hybridized carbons (Fsp3) is 0.273. The maximum Gasteiger partial charge on any atom is 0.226 e. The average molecular weight is 258 g/mol.